The van der Waals surface area contributed by atoms with Crippen LogP contribution in [0.2, 0.25) is 0 Å². The first-order chi connectivity index (χ1) is 6.53. The van der Waals surface area contributed by atoms with Gasteiger partial charge in [0.2, 0.25) is 0 Å². The van der Waals surface area contributed by atoms with Gasteiger partial charge in [0.25, 0.3) is 0 Å². The Morgan fingerprint density at radius 3 is 2.86 bits per heavy atom. The molecule has 14 heavy (non-hydrogen) atoms. The molecular formula is C10H12BrN3. The smallest absolute Gasteiger partial charge is 0.0702 e. The molecule has 1 rings (SSSR count). The number of pyridine rings is 1. The first-order valence-electron chi connectivity index (χ1n) is 4.29. The van der Waals surface area contributed by atoms with E-state index in [0.717, 1.165) is 10.2 Å². The second-order valence-corrected chi connectivity index (χ2v) is 4.66. The van der Waals surface area contributed by atoms with E-state index in [9.17, 15) is 0 Å². The highest BCUT2D eigenvalue weighted by atomic mass is 79.9. The summed E-state index contributed by atoms with van der Waals surface area (Å²) in [5.74, 6) is 0. The van der Waals surface area contributed by atoms with Crippen molar-refractivity contribution in [3.8, 4) is 6.07 Å². The SMILES string of the molecule is CC(C)(C#N)CNc1cncc(Br)c1. The van der Waals surface area contributed by atoms with Crippen molar-refractivity contribution >= 4 is 21.6 Å². The maximum absolute atomic E-state index is 8.81. The third kappa shape index (κ3) is 3.35. The zero-order valence-electron chi connectivity index (χ0n) is 8.21. The van der Waals surface area contributed by atoms with Gasteiger partial charge in [-0.05, 0) is 35.8 Å². The highest BCUT2D eigenvalue weighted by Gasteiger charge is 2.15. The number of hydrogen-bond acceptors (Lipinski definition) is 3. The second kappa shape index (κ2) is 4.43. The lowest BCUT2D eigenvalue weighted by Gasteiger charge is -2.16. The standard InChI is InChI=1S/C10H12BrN3/c1-10(2,6-12)7-14-9-3-8(11)4-13-5-9/h3-5,14H,7H2,1-2H3. The number of nitrogens with zero attached hydrogens (tertiary/aromatic N) is 2. The van der Waals surface area contributed by atoms with Gasteiger partial charge in [-0.2, -0.15) is 5.26 Å². The monoisotopic (exact) mass is 253 g/mol. The van der Waals surface area contributed by atoms with E-state index in [2.05, 4.69) is 32.3 Å². The van der Waals surface area contributed by atoms with Crippen molar-refractivity contribution < 1.29 is 0 Å². The summed E-state index contributed by atoms with van der Waals surface area (Å²) in [7, 11) is 0. The molecule has 1 N–H and O–H groups in total. The molecule has 0 atom stereocenters. The fourth-order valence-electron chi connectivity index (χ4n) is 0.871. The Morgan fingerprint density at radius 1 is 1.57 bits per heavy atom. The molecule has 1 aromatic heterocycles. The molecule has 0 aliphatic heterocycles. The largest absolute Gasteiger partial charge is 0.382 e. The minimum Gasteiger partial charge on any atom is -0.382 e. The van der Waals surface area contributed by atoms with Crippen LogP contribution in [0, 0.1) is 16.7 Å². The van der Waals surface area contributed by atoms with E-state index < -0.39 is 0 Å². The number of rotatable bonds is 3. The van der Waals surface area contributed by atoms with Gasteiger partial charge in [0.05, 0.1) is 23.4 Å². The molecular weight excluding hydrogens is 242 g/mol. The van der Waals surface area contributed by atoms with Crippen LogP contribution >= 0.6 is 15.9 Å². The summed E-state index contributed by atoms with van der Waals surface area (Å²) in [6.07, 6.45) is 3.46. The lowest BCUT2D eigenvalue weighted by molar-refractivity contribution is 0.529. The predicted octanol–water partition coefficient (Wildman–Crippen LogP) is 2.81. The second-order valence-electron chi connectivity index (χ2n) is 3.74. The molecule has 4 heteroatoms. The summed E-state index contributed by atoms with van der Waals surface area (Å²) in [5, 5.41) is 12.0. The van der Waals surface area contributed by atoms with E-state index >= 15 is 0 Å². The maximum atomic E-state index is 8.81. The van der Waals surface area contributed by atoms with Gasteiger partial charge in [-0.25, -0.2) is 0 Å². The van der Waals surface area contributed by atoms with Gasteiger partial charge in [-0.3, -0.25) is 4.98 Å². The molecule has 0 aromatic carbocycles. The average molecular weight is 254 g/mol. The zero-order valence-corrected chi connectivity index (χ0v) is 9.80. The van der Waals surface area contributed by atoms with Gasteiger partial charge in [0.1, 0.15) is 0 Å². The highest BCUT2D eigenvalue weighted by Crippen LogP contribution is 2.17. The first kappa shape index (κ1) is 11.0. The van der Waals surface area contributed by atoms with Crippen molar-refractivity contribution in [3.63, 3.8) is 0 Å². The Balaban J connectivity index is 2.59. The molecule has 0 amide bonds. The van der Waals surface area contributed by atoms with E-state index in [1.54, 1.807) is 12.4 Å². The fraction of sp³-hybridized carbons (Fsp3) is 0.400. The van der Waals surface area contributed by atoms with Crippen LogP contribution in [-0.2, 0) is 0 Å². The number of nitrogens with one attached hydrogen (secondary N) is 1. The van der Waals surface area contributed by atoms with Crippen LogP contribution in [0.4, 0.5) is 5.69 Å². The van der Waals surface area contributed by atoms with Crippen molar-refractivity contribution in [2.75, 3.05) is 11.9 Å². The van der Waals surface area contributed by atoms with E-state index in [1.807, 2.05) is 19.9 Å². The number of anilines is 1. The van der Waals surface area contributed by atoms with Gasteiger partial charge in [-0.1, -0.05) is 0 Å². The number of halogens is 1. The van der Waals surface area contributed by atoms with Gasteiger partial charge >= 0.3 is 0 Å². The van der Waals surface area contributed by atoms with Gasteiger partial charge in [0, 0.05) is 17.2 Å². The van der Waals surface area contributed by atoms with Gasteiger partial charge in [-0.15, -0.1) is 0 Å². The number of nitriles is 1. The van der Waals surface area contributed by atoms with E-state index in [4.69, 9.17) is 5.26 Å². The molecule has 74 valence electrons. The van der Waals surface area contributed by atoms with Crippen molar-refractivity contribution in [2.45, 2.75) is 13.8 Å². The fourth-order valence-corrected chi connectivity index (χ4v) is 1.24. The maximum Gasteiger partial charge on any atom is 0.0702 e. The summed E-state index contributed by atoms with van der Waals surface area (Å²) >= 11 is 3.33. The Hall–Kier alpha value is -1.08. The van der Waals surface area contributed by atoms with Crippen molar-refractivity contribution in [2.24, 2.45) is 5.41 Å². The number of hydrogen-bond donors (Lipinski definition) is 1. The average Bonchev–Trinajstić information content (AvgIpc) is 2.15. The molecule has 0 aliphatic carbocycles. The van der Waals surface area contributed by atoms with Crippen molar-refractivity contribution in [3.05, 3.63) is 22.9 Å². The lowest BCUT2D eigenvalue weighted by Crippen LogP contribution is -2.20. The van der Waals surface area contributed by atoms with E-state index in [0.29, 0.717) is 6.54 Å². The van der Waals surface area contributed by atoms with Gasteiger partial charge in [0.15, 0.2) is 0 Å². The normalized spacial score (nSPS) is 10.7. The molecule has 0 aliphatic rings. The van der Waals surface area contributed by atoms with Crippen LogP contribution in [-0.4, -0.2) is 11.5 Å². The lowest BCUT2D eigenvalue weighted by atomic mass is 9.96. The molecule has 0 saturated carbocycles. The first-order valence-corrected chi connectivity index (χ1v) is 5.08. The molecule has 0 saturated heterocycles. The summed E-state index contributed by atoms with van der Waals surface area (Å²) < 4.78 is 0.928. The zero-order chi connectivity index (χ0) is 10.6. The van der Waals surface area contributed by atoms with Crippen molar-refractivity contribution in [1.82, 2.24) is 4.98 Å². The van der Waals surface area contributed by atoms with E-state index in [1.165, 1.54) is 0 Å². The van der Waals surface area contributed by atoms with Gasteiger partial charge < -0.3 is 5.32 Å². The highest BCUT2D eigenvalue weighted by molar-refractivity contribution is 9.10. The van der Waals surface area contributed by atoms with Crippen LogP contribution in [0.3, 0.4) is 0 Å². The molecule has 0 unspecified atom stereocenters. The third-order valence-corrected chi connectivity index (χ3v) is 2.18. The van der Waals surface area contributed by atoms with E-state index in [-0.39, 0.29) is 5.41 Å². The number of aromatic nitrogens is 1. The quantitative estimate of drug-likeness (QED) is 0.902. The Labute approximate surface area is 92.3 Å². The summed E-state index contributed by atoms with van der Waals surface area (Å²) in [6, 6.07) is 4.16. The topological polar surface area (TPSA) is 48.7 Å². The Bertz CT molecular complexity index is 355. The summed E-state index contributed by atoms with van der Waals surface area (Å²) in [6.45, 7) is 4.40. The molecule has 3 nitrogen and oxygen atoms in total. The molecule has 1 aromatic rings. The van der Waals surface area contributed by atoms with Crippen LogP contribution < -0.4 is 5.32 Å². The van der Waals surface area contributed by atoms with Crippen LogP contribution in [0.25, 0.3) is 0 Å². The molecule has 0 spiro atoms. The third-order valence-electron chi connectivity index (χ3n) is 1.74. The van der Waals surface area contributed by atoms with Crippen LogP contribution in [0.5, 0.6) is 0 Å². The molecule has 0 fully saturated rings. The minimum absolute atomic E-state index is 0.359. The summed E-state index contributed by atoms with van der Waals surface area (Å²) in [5.41, 5.74) is 0.560. The molecule has 0 radical (unpaired) electrons. The van der Waals surface area contributed by atoms with Crippen molar-refractivity contribution in [1.29, 1.82) is 5.26 Å². The van der Waals surface area contributed by atoms with Crippen LogP contribution in [0.15, 0.2) is 22.9 Å². The summed E-state index contributed by atoms with van der Waals surface area (Å²) in [4.78, 5) is 4.02. The predicted molar refractivity (Wildman–Crippen MR) is 59.8 cm³/mol. The Kier molecular flexibility index (Phi) is 3.48. The minimum atomic E-state index is -0.359. The molecule has 0 bridgehead atoms. The Morgan fingerprint density at radius 2 is 2.29 bits per heavy atom. The molecule has 1 heterocycles. The van der Waals surface area contributed by atoms with Crippen LogP contribution in [0.1, 0.15) is 13.8 Å².